The van der Waals surface area contributed by atoms with E-state index in [2.05, 4.69) is 77.9 Å². The Balaban J connectivity index is 2.30. The molecule has 7 heteroatoms. The minimum absolute atomic E-state index is 0.0214. The van der Waals surface area contributed by atoms with E-state index in [-0.39, 0.29) is 22.5 Å². The number of nitrogens with one attached hydrogen (secondary N) is 1. The summed E-state index contributed by atoms with van der Waals surface area (Å²) in [6, 6.07) is 0. The van der Waals surface area contributed by atoms with E-state index in [0.717, 1.165) is 31.5 Å². The fourth-order valence-electron chi connectivity index (χ4n) is 4.01. The maximum Gasteiger partial charge on any atom is 0.220 e. The summed E-state index contributed by atoms with van der Waals surface area (Å²) in [7, 11) is 0. The summed E-state index contributed by atoms with van der Waals surface area (Å²) < 4.78 is 13.8. The second-order valence-electron chi connectivity index (χ2n) is 13.1. The van der Waals surface area contributed by atoms with Crippen LogP contribution in [0.15, 0.2) is 6.20 Å². The molecule has 0 spiro atoms. The predicted molar refractivity (Wildman–Crippen MR) is 148 cm³/mol. The third-order valence-electron chi connectivity index (χ3n) is 7.30. The van der Waals surface area contributed by atoms with Crippen molar-refractivity contribution in [1.29, 1.82) is 0 Å². The van der Waals surface area contributed by atoms with Crippen molar-refractivity contribution in [3.05, 3.63) is 11.9 Å². The third-order valence-corrected chi connectivity index (χ3v) is 7.30. The van der Waals surface area contributed by atoms with Gasteiger partial charge in [0.05, 0.1) is 16.9 Å². The van der Waals surface area contributed by atoms with Crippen LogP contribution < -0.4 is 5.32 Å². The Morgan fingerprint density at radius 1 is 0.917 bits per heavy atom. The van der Waals surface area contributed by atoms with Crippen LogP contribution in [0.4, 0.5) is 0 Å². The van der Waals surface area contributed by atoms with Crippen LogP contribution >= 0.6 is 0 Å². The number of ether oxygens (including phenoxy) is 2. The van der Waals surface area contributed by atoms with Crippen molar-refractivity contribution in [3.63, 3.8) is 0 Å². The van der Waals surface area contributed by atoms with Crippen molar-refractivity contribution in [1.82, 2.24) is 20.3 Å². The van der Waals surface area contributed by atoms with Gasteiger partial charge in [-0.1, -0.05) is 52.7 Å². The lowest BCUT2D eigenvalue weighted by Gasteiger charge is -2.31. The summed E-state index contributed by atoms with van der Waals surface area (Å²) in [4.78, 5) is 12.4. The molecule has 1 heterocycles. The molecule has 1 amide bonds. The van der Waals surface area contributed by atoms with Gasteiger partial charge in [-0.15, -0.1) is 5.10 Å². The highest BCUT2D eigenvalue weighted by molar-refractivity contribution is 5.76. The highest BCUT2D eigenvalue weighted by Crippen LogP contribution is 2.30. The molecule has 210 valence electrons. The summed E-state index contributed by atoms with van der Waals surface area (Å²) in [6.45, 7) is 24.7. The second kappa shape index (κ2) is 14.5. The van der Waals surface area contributed by atoms with Crippen LogP contribution in [-0.4, -0.2) is 51.9 Å². The molecule has 1 aromatic rings. The first-order valence-electron chi connectivity index (χ1n) is 14.0. The lowest BCUT2D eigenvalue weighted by molar-refractivity contribution is -0.121. The topological polar surface area (TPSA) is 78.3 Å². The Morgan fingerprint density at radius 3 is 2.22 bits per heavy atom. The second-order valence-corrected chi connectivity index (χ2v) is 13.1. The van der Waals surface area contributed by atoms with Gasteiger partial charge in [0.25, 0.3) is 0 Å². The summed E-state index contributed by atoms with van der Waals surface area (Å²) in [5.74, 6) is 0.0508. The largest absolute Gasteiger partial charge is 0.376 e. The number of amides is 1. The van der Waals surface area contributed by atoms with E-state index in [1.807, 2.05) is 17.8 Å². The quantitative estimate of drug-likeness (QED) is 0.236. The number of aryl methyl sites for hydroxylation is 2. The minimum Gasteiger partial charge on any atom is -0.376 e. The van der Waals surface area contributed by atoms with Gasteiger partial charge in [-0.05, 0) is 71.1 Å². The van der Waals surface area contributed by atoms with Crippen LogP contribution in [0.2, 0.25) is 0 Å². The molecule has 0 saturated heterocycles. The van der Waals surface area contributed by atoms with Crippen molar-refractivity contribution < 1.29 is 14.3 Å². The number of carbonyl (C=O) groups excluding carboxylic acids is 1. The van der Waals surface area contributed by atoms with Gasteiger partial charge in [-0.2, -0.15) is 0 Å². The van der Waals surface area contributed by atoms with Gasteiger partial charge < -0.3 is 14.8 Å². The van der Waals surface area contributed by atoms with E-state index >= 15 is 0 Å². The van der Waals surface area contributed by atoms with E-state index < -0.39 is 0 Å². The van der Waals surface area contributed by atoms with Crippen LogP contribution in [0.25, 0.3) is 0 Å². The molecular weight excluding hydrogens is 452 g/mol. The summed E-state index contributed by atoms with van der Waals surface area (Å²) in [5, 5.41) is 11.5. The van der Waals surface area contributed by atoms with Crippen LogP contribution in [0, 0.1) is 10.8 Å². The molecule has 1 aromatic heterocycles. The highest BCUT2D eigenvalue weighted by Gasteiger charge is 2.24. The van der Waals surface area contributed by atoms with E-state index in [9.17, 15) is 4.79 Å². The highest BCUT2D eigenvalue weighted by atomic mass is 16.5. The van der Waals surface area contributed by atoms with Crippen molar-refractivity contribution in [2.75, 3.05) is 19.8 Å². The zero-order valence-electron chi connectivity index (χ0n) is 25.1. The average molecular weight is 509 g/mol. The zero-order valence-corrected chi connectivity index (χ0v) is 25.1. The van der Waals surface area contributed by atoms with Gasteiger partial charge in [0.15, 0.2) is 0 Å². The normalized spacial score (nSPS) is 13.3. The van der Waals surface area contributed by atoms with Crippen molar-refractivity contribution in [3.8, 4) is 0 Å². The van der Waals surface area contributed by atoms with E-state index in [0.29, 0.717) is 38.0 Å². The fraction of sp³-hybridized carbons (Fsp3) is 0.897. The SMILES string of the molecule is CCOC(C)(C)CCn1cc(CCC(=O)NCC(C)(C)CCOC(C)(C)CCCC(C)(C)CC)nn1. The molecule has 0 fully saturated rings. The molecule has 0 radical (unpaired) electrons. The molecule has 1 N–H and O–H groups in total. The lowest BCUT2D eigenvalue weighted by atomic mass is 9.83. The predicted octanol–water partition coefficient (Wildman–Crippen LogP) is 6.35. The van der Waals surface area contributed by atoms with E-state index in [1.54, 1.807) is 0 Å². The van der Waals surface area contributed by atoms with Crippen LogP contribution in [0.3, 0.4) is 0 Å². The number of aromatic nitrogens is 3. The summed E-state index contributed by atoms with van der Waals surface area (Å²) >= 11 is 0. The molecule has 7 nitrogen and oxygen atoms in total. The molecule has 0 aliphatic heterocycles. The number of rotatable bonds is 19. The fourth-order valence-corrected chi connectivity index (χ4v) is 4.01. The molecule has 0 saturated carbocycles. The minimum atomic E-state index is -0.180. The molecule has 0 unspecified atom stereocenters. The Kier molecular flexibility index (Phi) is 13.1. The first kappa shape index (κ1) is 32.6. The Morgan fingerprint density at radius 2 is 1.58 bits per heavy atom. The van der Waals surface area contributed by atoms with E-state index in [4.69, 9.17) is 9.47 Å². The number of carbonyl (C=O) groups is 1. The monoisotopic (exact) mass is 508 g/mol. The lowest BCUT2D eigenvalue weighted by Crippen LogP contribution is -2.35. The summed E-state index contributed by atoms with van der Waals surface area (Å²) in [6.07, 6.45) is 9.40. The van der Waals surface area contributed by atoms with Gasteiger partial charge in [0, 0.05) is 45.3 Å². The third kappa shape index (κ3) is 14.3. The maximum absolute atomic E-state index is 12.4. The number of nitrogens with zero attached hydrogens (tertiary/aromatic N) is 3. The molecule has 0 aliphatic carbocycles. The molecule has 0 aromatic carbocycles. The average Bonchev–Trinajstić information content (AvgIpc) is 3.22. The van der Waals surface area contributed by atoms with Crippen LogP contribution in [-0.2, 0) is 27.2 Å². The molecule has 0 aliphatic rings. The number of hydrogen-bond acceptors (Lipinski definition) is 5. The first-order valence-corrected chi connectivity index (χ1v) is 14.0. The maximum atomic E-state index is 12.4. The molecule has 36 heavy (non-hydrogen) atoms. The first-order chi connectivity index (χ1) is 16.6. The Bertz CT molecular complexity index is 768. The summed E-state index contributed by atoms with van der Waals surface area (Å²) in [5.41, 5.74) is 0.941. The van der Waals surface area contributed by atoms with Crippen LogP contribution in [0.5, 0.6) is 0 Å². The zero-order chi connectivity index (χ0) is 27.5. The molecular formula is C29H56N4O3. The van der Waals surface area contributed by atoms with Gasteiger partial charge in [0.2, 0.25) is 5.91 Å². The van der Waals surface area contributed by atoms with Gasteiger partial charge >= 0.3 is 0 Å². The number of hydrogen-bond donors (Lipinski definition) is 1. The van der Waals surface area contributed by atoms with Gasteiger partial charge in [0.1, 0.15) is 0 Å². The van der Waals surface area contributed by atoms with Gasteiger partial charge in [-0.3, -0.25) is 9.48 Å². The molecule has 0 atom stereocenters. The van der Waals surface area contributed by atoms with Crippen molar-refractivity contribution in [2.24, 2.45) is 10.8 Å². The standard InChI is InChI=1S/C29H56N4O3/c1-11-26(3,4)16-13-17-28(7,8)36-21-19-27(5,6)23-30-25(34)15-14-24-22-33(32-31-24)20-18-29(9,10)35-12-2/h22H,11-21,23H2,1-10H3,(H,30,34). The Labute approximate surface area is 221 Å². The van der Waals surface area contributed by atoms with Crippen molar-refractivity contribution >= 4 is 5.91 Å². The Hall–Kier alpha value is -1.47. The molecule has 1 rings (SSSR count). The van der Waals surface area contributed by atoms with Crippen LogP contribution in [0.1, 0.15) is 120 Å². The smallest absolute Gasteiger partial charge is 0.220 e. The van der Waals surface area contributed by atoms with Crippen molar-refractivity contribution in [2.45, 2.75) is 138 Å². The van der Waals surface area contributed by atoms with Gasteiger partial charge in [-0.25, -0.2) is 0 Å². The molecule has 0 bridgehead atoms. The van der Waals surface area contributed by atoms with E-state index in [1.165, 1.54) is 19.3 Å².